The second-order valence-corrected chi connectivity index (χ2v) is 8.39. The minimum absolute atomic E-state index is 0.323. The molecule has 0 bridgehead atoms. The van der Waals surface area contributed by atoms with Crippen LogP contribution in [0.4, 0.5) is 4.79 Å². The standard InChI is InChI=1S/C24H29NO3S/c1-2-3-4-5-6-7-8-11-16-28-21-15-14-18(19-12-9-10-13-20(19)21)17-22-23(26)25-24(27)29-22/h9-10,12-15,17H,2-8,11,16H2,1H3,(H,25,26,27)/b22-17+. The zero-order valence-corrected chi connectivity index (χ0v) is 17.9. The third kappa shape index (κ3) is 6.10. The van der Waals surface area contributed by atoms with E-state index in [2.05, 4.69) is 12.2 Å². The van der Waals surface area contributed by atoms with E-state index in [1.165, 1.54) is 44.9 Å². The van der Waals surface area contributed by atoms with Gasteiger partial charge >= 0.3 is 0 Å². The van der Waals surface area contributed by atoms with Crippen LogP contribution in [-0.4, -0.2) is 17.8 Å². The maximum Gasteiger partial charge on any atom is 0.290 e. The van der Waals surface area contributed by atoms with Crippen LogP contribution in [0.25, 0.3) is 16.8 Å². The van der Waals surface area contributed by atoms with Crippen molar-refractivity contribution in [3.8, 4) is 5.75 Å². The third-order valence-corrected chi connectivity index (χ3v) is 5.91. The zero-order chi connectivity index (χ0) is 20.5. The van der Waals surface area contributed by atoms with Gasteiger partial charge in [0.05, 0.1) is 11.5 Å². The molecule has 1 fully saturated rings. The molecule has 1 aliphatic heterocycles. The van der Waals surface area contributed by atoms with Crippen LogP contribution in [0.5, 0.6) is 5.75 Å². The number of imide groups is 1. The average Bonchev–Trinajstić information content (AvgIpc) is 3.04. The normalized spacial score (nSPS) is 15.3. The number of carbonyl (C=O) groups excluding carboxylic acids is 2. The summed E-state index contributed by atoms with van der Waals surface area (Å²) in [5.41, 5.74) is 0.910. The quantitative estimate of drug-likeness (QED) is 0.331. The lowest BCUT2D eigenvalue weighted by Crippen LogP contribution is -2.17. The van der Waals surface area contributed by atoms with E-state index in [-0.39, 0.29) is 11.1 Å². The van der Waals surface area contributed by atoms with E-state index >= 15 is 0 Å². The van der Waals surface area contributed by atoms with Crippen molar-refractivity contribution in [3.63, 3.8) is 0 Å². The second kappa shape index (κ2) is 11.1. The Bertz CT molecular complexity index is 891. The Labute approximate surface area is 177 Å². The molecule has 0 unspecified atom stereocenters. The molecule has 0 saturated carbocycles. The van der Waals surface area contributed by atoms with E-state index in [1.54, 1.807) is 6.08 Å². The van der Waals surface area contributed by atoms with Crippen LogP contribution in [0.1, 0.15) is 63.9 Å². The summed E-state index contributed by atoms with van der Waals surface area (Å²) in [6.45, 7) is 2.96. The van der Waals surface area contributed by atoms with E-state index in [0.717, 1.165) is 40.3 Å². The summed E-state index contributed by atoms with van der Waals surface area (Å²) in [6, 6.07) is 11.9. The number of ether oxygens (including phenoxy) is 1. The summed E-state index contributed by atoms with van der Waals surface area (Å²) in [5, 5.41) is 4.01. The predicted molar refractivity (Wildman–Crippen MR) is 121 cm³/mol. The largest absolute Gasteiger partial charge is 0.493 e. The first-order valence-electron chi connectivity index (χ1n) is 10.6. The van der Waals surface area contributed by atoms with Crippen LogP contribution in [0, 0.1) is 0 Å². The second-order valence-electron chi connectivity index (χ2n) is 7.37. The van der Waals surface area contributed by atoms with Crippen molar-refractivity contribution in [2.75, 3.05) is 6.61 Å². The lowest BCUT2D eigenvalue weighted by atomic mass is 10.0. The van der Waals surface area contributed by atoms with Gasteiger partial charge in [0.1, 0.15) is 5.75 Å². The highest BCUT2D eigenvalue weighted by Crippen LogP contribution is 2.32. The molecule has 0 aliphatic carbocycles. The summed E-state index contributed by atoms with van der Waals surface area (Å²) in [4.78, 5) is 23.7. The van der Waals surface area contributed by atoms with Gasteiger partial charge in [-0.05, 0) is 41.3 Å². The Kier molecular flexibility index (Phi) is 8.17. The number of rotatable bonds is 11. The fourth-order valence-electron chi connectivity index (χ4n) is 3.53. The number of nitrogens with one attached hydrogen (secondary N) is 1. The van der Waals surface area contributed by atoms with Gasteiger partial charge in [-0.1, -0.05) is 82.2 Å². The molecule has 1 saturated heterocycles. The molecule has 0 aromatic heterocycles. The van der Waals surface area contributed by atoms with Crippen LogP contribution in [0.3, 0.4) is 0 Å². The van der Waals surface area contributed by atoms with Crippen molar-refractivity contribution in [2.24, 2.45) is 0 Å². The third-order valence-electron chi connectivity index (χ3n) is 5.10. The van der Waals surface area contributed by atoms with Gasteiger partial charge in [0.15, 0.2) is 0 Å². The number of hydrogen-bond acceptors (Lipinski definition) is 4. The van der Waals surface area contributed by atoms with Gasteiger partial charge in [0.25, 0.3) is 11.1 Å². The highest BCUT2D eigenvalue weighted by Gasteiger charge is 2.25. The van der Waals surface area contributed by atoms with Crippen molar-refractivity contribution in [1.29, 1.82) is 0 Å². The van der Waals surface area contributed by atoms with Crippen molar-refractivity contribution in [2.45, 2.75) is 58.3 Å². The molecule has 2 amide bonds. The molecular formula is C24H29NO3S. The lowest BCUT2D eigenvalue weighted by Gasteiger charge is -2.11. The zero-order valence-electron chi connectivity index (χ0n) is 17.0. The molecule has 1 N–H and O–H groups in total. The number of unbranched alkanes of at least 4 members (excludes halogenated alkanes) is 7. The molecule has 154 valence electrons. The first-order chi connectivity index (χ1) is 14.2. The molecule has 2 aromatic carbocycles. The topological polar surface area (TPSA) is 55.4 Å². The molecule has 0 atom stereocenters. The van der Waals surface area contributed by atoms with Crippen molar-refractivity contribution in [1.82, 2.24) is 5.32 Å². The van der Waals surface area contributed by atoms with E-state index < -0.39 is 0 Å². The average molecular weight is 412 g/mol. The maximum absolute atomic E-state index is 11.8. The fraction of sp³-hybridized carbons (Fsp3) is 0.417. The molecule has 5 heteroatoms. The molecule has 0 radical (unpaired) electrons. The SMILES string of the molecule is CCCCCCCCCCOc1ccc(/C=C2/SC(=O)NC2=O)c2ccccc12. The van der Waals surface area contributed by atoms with Gasteiger partial charge in [0, 0.05) is 5.39 Å². The Morgan fingerprint density at radius 3 is 2.28 bits per heavy atom. The summed E-state index contributed by atoms with van der Waals surface area (Å²) >= 11 is 0.939. The van der Waals surface area contributed by atoms with E-state index in [9.17, 15) is 9.59 Å². The number of carbonyl (C=O) groups is 2. The molecule has 2 aromatic rings. The first-order valence-corrected chi connectivity index (χ1v) is 11.4. The van der Waals surface area contributed by atoms with Crippen molar-refractivity contribution < 1.29 is 14.3 Å². The number of fused-ring (bicyclic) bond motifs is 1. The smallest absolute Gasteiger partial charge is 0.290 e. The number of thioether (sulfide) groups is 1. The monoisotopic (exact) mass is 411 g/mol. The van der Waals surface area contributed by atoms with Gasteiger partial charge in [-0.25, -0.2) is 0 Å². The van der Waals surface area contributed by atoms with Gasteiger partial charge in [-0.3, -0.25) is 14.9 Å². The molecule has 1 heterocycles. The lowest BCUT2D eigenvalue weighted by molar-refractivity contribution is -0.115. The van der Waals surface area contributed by atoms with Crippen LogP contribution < -0.4 is 10.1 Å². The molecule has 29 heavy (non-hydrogen) atoms. The highest BCUT2D eigenvalue weighted by molar-refractivity contribution is 8.18. The van der Waals surface area contributed by atoms with Crippen LogP contribution in [0.2, 0.25) is 0 Å². The van der Waals surface area contributed by atoms with Gasteiger partial charge < -0.3 is 4.74 Å². The Hall–Kier alpha value is -2.27. The predicted octanol–water partition coefficient (Wildman–Crippen LogP) is 6.68. The Balaban J connectivity index is 1.59. The van der Waals surface area contributed by atoms with E-state index in [0.29, 0.717) is 11.5 Å². The minimum atomic E-state index is -0.334. The van der Waals surface area contributed by atoms with Crippen molar-refractivity contribution in [3.05, 3.63) is 46.9 Å². The van der Waals surface area contributed by atoms with Crippen molar-refractivity contribution >= 4 is 39.8 Å². The van der Waals surface area contributed by atoms with E-state index in [1.807, 2.05) is 36.4 Å². The number of hydrogen-bond donors (Lipinski definition) is 1. The molecule has 0 spiro atoms. The molecule has 4 nitrogen and oxygen atoms in total. The number of amides is 2. The minimum Gasteiger partial charge on any atom is -0.493 e. The summed E-state index contributed by atoms with van der Waals surface area (Å²) in [5.74, 6) is 0.532. The molecular weight excluding hydrogens is 382 g/mol. The Morgan fingerprint density at radius 2 is 1.59 bits per heavy atom. The first kappa shape index (κ1) is 21.4. The Morgan fingerprint density at radius 1 is 0.897 bits per heavy atom. The van der Waals surface area contributed by atoms with Gasteiger partial charge in [-0.15, -0.1) is 0 Å². The summed E-state index contributed by atoms with van der Waals surface area (Å²) < 4.78 is 6.07. The fourth-order valence-corrected chi connectivity index (χ4v) is 4.20. The number of benzene rings is 2. The van der Waals surface area contributed by atoms with Gasteiger partial charge in [0.2, 0.25) is 0 Å². The van der Waals surface area contributed by atoms with Crippen LogP contribution in [0.15, 0.2) is 41.3 Å². The van der Waals surface area contributed by atoms with Crippen LogP contribution >= 0.6 is 11.8 Å². The van der Waals surface area contributed by atoms with E-state index in [4.69, 9.17) is 4.74 Å². The molecule has 1 aliphatic rings. The summed E-state index contributed by atoms with van der Waals surface area (Å²) in [6.07, 6.45) is 12.0. The maximum atomic E-state index is 11.8. The molecule has 3 rings (SSSR count). The summed E-state index contributed by atoms with van der Waals surface area (Å²) in [7, 11) is 0. The highest BCUT2D eigenvalue weighted by atomic mass is 32.2. The van der Waals surface area contributed by atoms with Crippen LogP contribution in [-0.2, 0) is 4.79 Å². The van der Waals surface area contributed by atoms with Gasteiger partial charge in [-0.2, -0.15) is 0 Å².